The van der Waals surface area contributed by atoms with Gasteiger partial charge in [0.15, 0.2) is 0 Å². The fourth-order valence-electron chi connectivity index (χ4n) is 2.20. The number of nitro benzene ring substituents is 1. The maximum Gasteiger partial charge on any atom is 0.288 e. The summed E-state index contributed by atoms with van der Waals surface area (Å²) in [4.78, 5) is 22.4. The molecule has 0 bridgehead atoms. The molecule has 0 aliphatic heterocycles. The zero-order chi connectivity index (χ0) is 19.4. The molecule has 2 aromatic carbocycles. The van der Waals surface area contributed by atoms with Crippen LogP contribution >= 0.6 is 34.2 Å². The largest absolute Gasteiger partial charge is 0.455 e. The highest BCUT2D eigenvalue weighted by atomic mass is 127. The summed E-state index contributed by atoms with van der Waals surface area (Å²) in [5, 5.41) is 14.9. The van der Waals surface area contributed by atoms with Gasteiger partial charge >= 0.3 is 0 Å². The van der Waals surface area contributed by atoms with Gasteiger partial charge in [0.05, 0.1) is 11.1 Å². The molecule has 0 saturated heterocycles. The Bertz CT molecular complexity index is 1030. The Morgan fingerprint density at radius 3 is 2.63 bits per heavy atom. The van der Waals surface area contributed by atoms with Crippen LogP contribution in [0.5, 0.6) is 0 Å². The predicted octanol–water partition coefficient (Wildman–Crippen LogP) is 4.88. The molecule has 9 heteroatoms. The molecule has 1 aromatic heterocycles. The quantitative estimate of drug-likeness (QED) is 0.236. The van der Waals surface area contributed by atoms with Crippen LogP contribution in [0.4, 0.5) is 5.69 Å². The predicted molar refractivity (Wildman–Crippen MR) is 110 cm³/mol. The van der Waals surface area contributed by atoms with E-state index < -0.39 is 4.92 Å². The van der Waals surface area contributed by atoms with Crippen molar-refractivity contribution in [3.63, 3.8) is 0 Å². The molecule has 7 nitrogen and oxygen atoms in total. The standard InChI is InChI=1S/C18H11ClIN3O4/c19-15-7-3-12(9-16(15)23(25)26)17-8-6-14(27-17)10-21-22-18(24)11-1-4-13(20)5-2-11/h1-10H,(H,22,24)/b21-10-. The van der Waals surface area contributed by atoms with Crippen LogP contribution in [0.2, 0.25) is 5.02 Å². The Morgan fingerprint density at radius 2 is 1.93 bits per heavy atom. The van der Waals surface area contributed by atoms with Crippen LogP contribution in [0.1, 0.15) is 16.1 Å². The first-order valence-electron chi connectivity index (χ1n) is 7.57. The molecular weight excluding hydrogens is 485 g/mol. The summed E-state index contributed by atoms with van der Waals surface area (Å²) >= 11 is 7.96. The number of nitrogens with one attached hydrogen (secondary N) is 1. The monoisotopic (exact) mass is 495 g/mol. The summed E-state index contributed by atoms with van der Waals surface area (Å²) < 4.78 is 6.61. The van der Waals surface area contributed by atoms with Crippen LogP contribution in [0.25, 0.3) is 11.3 Å². The van der Waals surface area contributed by atoms with Crippen LogP contribution in [0, 0.1) is 13.7 Å². The number of nitrogens with zero attached hydrogens (tertiary/aromatic N) is 2. The van der Waals surface area contributed by atoms with Crippen molar-refractivity contribution < 1.29 is 14.1 Å². The Hall–Kier alpha value is -2.72. The van der Waals surface area contributed by atoms with Gasteiger partial charge in [-0.2, -0.15) is 5.10 Å². The van der Waals surface area contributed by atoms with Gasteiger partial charge in [0.1, 0.15) is 16.5 Å². The number of carbonyl (C=O) groups is 1. The molecule has 0 spiro atoms. The summed E-state index contributed by atoms with van der Waals surface area (Å²) in [7, 11) is 0. The highest BCUT2D eigenvalue weighted by Crippen LogP contribution is 2.30. The molecule has 27 heavy (non-hydrogen) atoms. The summed E-state index contributed by atoms with van der Waals surface area (Å²) in [6, 6.07) is 14.7. The number of rotatable bonds is 5. The van der Waals surface area contributed by atoms with Gasteiger partial charge in [-0.1, -0.05) is 11.6 Å². The third kappa shape index (κ3) is 4.72. The number of amides is 1. The van der Waals surface area contributed by atoms with Crippen LogP contribution in [0.3, 0.4) is 0 Å². The Morgan fingerprint density at radius 1 is 1.19 bits per heavy atom. The normalized spacial score (nSPS) is 10.9. The van der Waals surface area contributed by atoms with Crippen molar-refractivity contribution in [1.29, 1.82) is 0 Å². The molecule has 1 heterocycles. The van der Waals surface area contributed by atoms with Crippen molar-refractivity contribution in [2.24, 2.45) is 5.10 Å². The highest BCUT2D eigenvalue weighted by Gasteiger charge is 2.15. The van der Waals surface area contributed by atoms with E-state index in [0.717, 1.165) is 3.57 Å². The second-order valence-electron chi connectivity index (χ2n) is 5.33. The van der Waals surface area contributed by atoms with E-state index in [1.54, 1.807) is 30.3 Å². The van der Waals surface area contributed by atoms with Gasteiger partial charge in [0.2, 0.25) is 0 Å². The van der Waals surface area contributed by atoms with Crippen LogP contribution in [0.15, 0.2) is 64.1 Å². The molecule has 136 valence electrons. The van der Waals surface area contributed by atoms with Gasteiger partial charge in [-0.05, 0) is 71.1 Å². The van der Waals surface area contributed by atoms with E-state index in [4.69, 9.17) is 16.0 Å². The second kappa shape index (κ2) is 8.31. The third-order valence-corrected chi connectivity index (χ3v) is 4.56. The minimum Gasteiger partial charge on any atom is -0.455 e. The highest BCUT2D eigenvalue weighted by molar-refractivity contribution is 14.1. The average molecular weight is 496 g/mol. The van der Waals surface area contributed by atoms with Crippen molar-refractivity contribution in [3.05, 3.63) is 84.6 Å². The number of carbonyl (C=O) groups excluding carboxylic acids is 1. The van der Waals surface area contributed by atoms with Crippen molar-refractivity contribution in [2.45, 2.75) is 0 Å². The van der Waals surface area contributed by atoms with Gasteiger partial charge < -0.3 is 4.42 Å². The minimum atomic E-state index is -0.558. The molecule has 0 unspecified atom stereocenters. The number of hydrazone groups is 1. The van der Waals surface area contributed by atoms with Crippen molar-refractivity contribution in [2.75, 3.05) is 0 Å². The number of nitro groups is 1. The zero-order valence-corrected chi connectivity index (χ0v) is 16.5. The lowest BCUT2D eigenvalue weighted by atomic mass is 10.1. The average Bonchev–Trinajstić information content (AvgIpc) is 3.11. The molecule has 3 rings (SSSR count). The lowest BCUT2D eigenvalue weighted by Crippen LogP contribution is -2.17. The number of furan rings is 1. The Balaban J connectivity index is 1.70. The summed E-state index contributed by atoms with van der Waals surface area (Å²) in [5.41, 5.74) is 3.20. The Labute approximate surface area is 172 Å². The van der Waals surface area contributed by atoms with Crippen molar-refractivity contribution in [1.82, 2.24) is 5.43 Å². The molecule has 0 aliphatic carbocycles. The molecule has 0 aliphatic rings. The van der Waals surface area contributed by atoms with Crippen LogP contribution in [-0.2, 0) is 0 Å². The third-order valence-electron chi connectivity index (χ3n) is 3.52. The summed E-state index contributed by atoms with van der Waals surface area (Å²) in [6.45, 7) is 0. The van der Waals surface area contributed by atoms with E-state index in [-0.39, 0.29) is 16.6 Å². The number of hydrogen-bond acceptors (Lipinski definition) is 5. The molecule has 1 N–H and O–H groups in total. The zero-order valence-electron chi connectivity index (χ0n) is 13.6. The smallest absolute Gasteiger partial charge is 0.288 e. The van der Waals surface area contributed by atoms with Gasteiger partial charge in [-0.3, -0.25) is 14.9 Å². The minimum absolute atomic E-state index is 0.0513. The van der Waals surface area contributed by atoms with Crippen LogP contribution < -0.4 is 5.43 Å². The van der Waals surface area contributed by atoms with E-state index in [9.17, 15) is 14.9 Å². The van der Waals surface area contributed by atoms with E-state index in [2.05, 4.69) is 33.1 Å². The number of benzene rings is 2. The first kappa shape index (κ1) is 19.1. The summed E-state index contributed by atoms with van der Waals surface area (Å²) in [5.74, 6) is 0.452. The maximum absolute atomic E-state index is 12.0. The molecular formula is C18H11ClIN3O4. The van der Waals surface area contributed by atoms with Crippen LogP contribution in [-0.4, -0.2) is 17.0 Å². The van der Waals surface area contributed by atoms with Gasteiger partial charge in [0, 0.05) is 20.8 Å². The second-order valence-corrected chi connectivity index (χ2v) is 6.98. The fraction of sp³-hybridized carbons (Fsp3) is 0. The first-order valence-corrected chi connectivity index (χ1v) is 9.03. The van der Waals surface area contributed by atoms with Gasteiger partial charge in [-0.25, -0.2) is 5.43 Å². The van der Waals surface area contributed by atoms with E-state index in [1.807, 2.05) is 12.1 Å². The molecule has 0 saturated carbocycles. The van der Waals surface area contributed by atoms with Gasteiger partial charge in [0.25, 0.3) is 11.6 Å². The lowest BCUT2D eigenvalue weighted by Gasteiger charge is -2.00. The van der Waals surface area contributed by atoms with E-state index >= 15 is 0 Å². The molecule has 3 aromatic rings. The van der Waals surface area contributed by atoms with E-state index in [1.165, 1.54) is 18.3 Å². The van der Waals surface area contributed by atoms with Crippen molar-refractivity contribution in [3.8, 4) is 11.3 Å². The van der Waals surface area contributed by atoms with E-state index in [0.29, 0.717) is 22.6 Å². The molecule has 1 amide bonds. The SMILES string of the molecule is O=C(N/N=C\c1ccc(-c2ccc(Cl)c([N+](=O)[O-])c2)o1)c1ccc(I)cc1. The summed E-state index contributed by atoms with van der Waals surface area (Å²) in [6.07, 6.45) is 1.35. The number of hydrogen-bond donors (Lipinski definition) is 1. The topological polar surface area (TPSA) is 97.7 Å². The molecule has 0 atom stereocenters. The number of halogens is 2. The lowest BCUT2D eigenvalue weighted by molar-refractivity contribution is -0.384. The van der Waals surface area contributed by atoms with Crippen molar-refractivity contribution >= 4 is 52.0 Å². The first-order chi connectivity index (χ1) is 12.9. The molecule has 0 radical (unpaired) electrons. The molecule has 0 fully saturated rings. The Kier molecular flexibility index (Phi) is 5.87. The van der Waals surface area contributed by atoms with Gasteiger partial charge in [-0.15, -0.1) is 0 Å². The maximum atomic E-state index is 12.0. The fourth-order valence-corrected chi connectivity index (χ4v) is 2.75.